The molecular formula is C15H16ClF3N4. The molecule has 124 valence electrons. The van der Waals surface area contributed by atoms with Gasteiger partial charge in [0.15, 0.2) is 0 Å². The number of hydrogen-bond donors (Lipinski definition) is 2. The van der Waals surface area contributed by atoms with Crippen molar-refractivity contribution < 1.29 is 13.2 Å². The first kappa shape index (κ1) is 17.3. The van der Waals surface area contributed by atoms with E-state index in [4.69, 9.17) is 23.1 Å². The van der Waals surface area contributed by atoms with Gasteiger partial charge in [-0.1, -0.05) is 17.7 Å². The lowest BCUT2D eigenvalue weighted by atomic mass is 9.99. The van der Waals surface area contributed by atoms with Crippen molar-refractivity contribution >= 4 is 23.4 Å². The van der Waals surface area contributed by atoms with E-state index in [1.54, 1.807) is 6.92 Å². The van der Waals surface area contributed by atoms with Crippen molar-refractivity contribution in [3.63, 3.8) is 0 Å². The summed E-state index contributed by atoms with van der Waals surface area (Å²) in [5.41, 5.74) is 12.1. The summed E-state index contributed by atoms with van der Waals surface area (Å²) >= 11 is 5.66. The molecule has 0 aliphatic heterocycles. The summed E-state index contributed by atoms with van der Waals surface area (Å²) in [6, 6.07) is 3.81. The Morgan fingerprint density at radius 3 is 2.43 bits per heavy atom. The molecule has 0 bridgehead atoms. The summed E-state index contributed by atoms with van der Waals surface area (Å²) in [6.45, 7) is 1.74. The molecule has 1 aromatic carbocycles. The number of benzene rings is 1. The van der Waals surface area contributed by atoms with Gasteiger partial charge in [-0.3, -0.25) is 0 Å². The number of nitrogens with zero attached hydrogens (tertiary/aromatic N) is 2. The SMILES string of the molecule is Cc1nc(N)nc(N)c1CCCc1ccc(Cl)cc1C(F)(F)F. The standard InChI is InChI=1S/C15H16ClF3N4/c1-8-11(13(20)23-14(21)22-8)4-2-3-9-5-6-10(16)7-12(9)15(17,18)19/h5-7H,2-4H2,1H3,(H4,20,21,22,23). The number of rotatable bonds is 4. The van der Waals surface area contributed by atoms with E-state index in [0.717, 1.165) is 6.07 Å². The van der Waals surface area contributed by atoms with E-state index in [2.05, 4.69) is 9.97 Å². The van der Waals surface area contributed by atoms with Gasteiger partial charge in [0.05, 0.1) is 5.56 Å². The van der Waals surface area contributed by atoms with Crippen LogP contribution in [-0.4, -0.2) is 9.97 Å². The molecule has 0 saturated heterocycles. The Bertz CT molecular complexity index is 693. The Balaban J connectivity index is 2.14. The van der Waals surface area contributed by atoms with Gasteiger partial charge in [0.2, 0.25) is 5.95 Å². The van der Waals surface area contributed by atoms with Crippen molar-refractivity contribution in [1.29, 1.82) is 0 Å². The Morgan fingerprint density at radius 1 is 1.13 bits per heavy atom. The maximum Gasteiger partial charge on any atom is 0.416 e. The maximum atomic E-state index is 13.0. The van der Waals surface area contributed by atoms with Gasteiger partial charge in [0, 0.05) is 16.3 Å². The normalized spacial score (nSPS) is 11.7. The third kappa shape index (κ3) is 4.25. The van der Waals surface area contributed by atoms with E-state index in [-0.39, 0.29) is 28.8 Å². The summed E-state index contributed by atoms with van der Waals surface area (Å²) in [6.07, 6.45) is -3.24. The first-order valence-corrected chi connectivity index (χ1v) is 7.30. The molecule has 2 aromatic rings. The van der Waals surface area contributed by atoms with E-state index >= 15 is 0 Å². The summed E-state index contributed by atoms with van der Waals surface area (Å²) in [5, 5.41) is 0.0631. The van der Waals surface area contributed by atoms with Crippen molar-refractivity contribution in [3.05, 3.63) is 45.6 Å². The first-order chi connectivity index (χ1) is 10.7. The number of nitrogens with two attached hydrogens (primary N) is 2. The van der Waals surface area contributed by atoms with Gasteiger partial charge < -0.3 is 11.5 Å². The van der Waals surface area contributed by atoms with Crippen LogP contribution in [0.25, 0.3) is 0 Å². The fourth-order valence-corrected chi connectivity index (χ4v) is 2.61. The van der Waals surface area contributed by atoms with E-state index in [0.29, 0.717) is 24.1 Å². The van der Waals surface area contributed by atoms with Gasteiger partial charge in [0.1, 0.15) is 5.82 Å². The van der Waals surface area contributed by atoms with Crippen LogP contribution in [0.4, 0.5) is 24.9 Å². The van der Waals surface area contributed by atoms with Crippen molar-refractivity contribution in [1.82, 2.24) is 9.97 Å². The largest absolute Gasteiger partial charge is 0.416 e. The zero-order chi connectivity index (χ0) is 17.2. The Labute approximate surface area is 136 Å². The second kappa shape index (κ2) is 6.62. The van der Waals surface area contributed by atoms with Crippen LogP contribution >= 0.6 is 11.6 Å². The summed E-state index contributed by atoms with van der Waals surface area (Å²) in [4.78, 5) is 7.89. The highest BCUT2D eigenvalue weighted by Crippen LogP contribution is 2.34. The molecule has 1 heterocycles. The smallest absolute Gasteiger partial charge is 0.383 e. The van der Waals surface area contributed by atoms with Crippen molar-refractivity contribution in [2.24, 2.45) is 0 Å². The van der Waals surface area contributed by atoms with Gasteiger partial charge in [-0.2, -0.15) is 18.2 Å². The fraction of sp³-hybridized carbons (Fsp3) is 0.333. The highest BCUT2D eigenvalue weighted by atomic mass is 35.5. The minimum atomic E-state index is -4.43. The minimum absolute atomic E-state index is 0.0631. The molecule has 23 heavy (non-hydrogen) atoms. The molecular weight excluding hydrogens is 329 g/mol. The molecule has 2 rings (SSSR count). The molecule has 0 aliphatic carbocycles. The summed E-state index contributed by atoms with van der Waals surface area (Å²) in [5.74, 6) is 0.350. The van der Waals surface area contributed by atoms with Gasteiger partial charge >= 0.3 is 6.18 Å². The van der Waals surface area contributed by atoms with E-state index in [9.17, 15) is 13.2 Å². The molecule has 0 amide bonds. The molecule has 0 aliphatic rings. The number of halogens is 4. The van der Waals surface area contributed by atoms with Gasteiger partial charge in [0.25, 0.3) is 0 Å². The molecule has 0 saturated carbocycles. The predicted molar refractivity (Wildman–Crippen MR) is 84.1 cm³/mol. The lowest BCUT2D eigenvalue weighted by molar-refractivity contribution is -0.138. The summed E-state index contributed by atoms with van der Waals surface area (Å²) in [7, 11) is 0. The number of aryl methyl sites for hydroxylation is 2. The third-order valence-electron chi connectivity index (χ3n) is 3.51. The number of nitrogen functional groups attached to an aromatic ring is 2. The lowest BCUT2D eigenvalue weighted by Crippen LogP contribution is -2.10. The quantitative estimate of drug-likeness (QED) is 0.884. The van der Waals surface area contributed by atoms with E-state index in [1.807, 2.05) is 0 Å². The Morgan fingerprint density at radius 2 is 1.83 bits per heavy atom. The molecule has 4 nitrogen and oxygen atoms in total. The van der Waals surface area contributed by atoms with Crippen molar-refractivity contribution in [2.45, 2.75) is 32.4 Å². The Hall–Kier alpha value is -2.02. The van der Waals surface area contributed by atoms with Crippen molar-refractivity contribution in [3.8, 4) is 0 Å². The average Bonchev–Trinajstić information content (AvgIpc) is 2.42. The first-order valence-electron chi connectivity index (χ1n) is 6.92. The zero-order valence-corrected chi connectivity index (χ0v) is 13.2. The molecule has 8 heteroatoms. The topological polar surface area (TPSA) is 77.8 Å². The van der Waals surface area contributed by atoms with Crippen LogP contribution < -0.4 is 11.5 Å². The second-order valence-electron chi connectivity index (χ2n) is 5.18. The molecule has 0 radical (unpaired) electrons. The summed E-state index contributed by atoms with van der Waals surface area (Å²) < 4.78 is 39.1. The van der Waals surface area contributed by atoms with Crippen LogP contribution in [0.3, 0.4) is 0 Å². The zero-order valence-electron chi connectivity index (χ0n) is 12.4. The highest BCUT2D eigenvalue weighted by Gasteiger charge is 2.33. The van der Waals surface area contributed by atoms with Crippen LogP contribution in [0.15, 0.2) is 18.2 Å². The predicted octanol–water partition coefficient (Wildman–Crippen LogP) is 3.80. The molecule has 0 atom stereocenters. The number of aromatic nitrogens is 2. The average molecular weight is 345 g/mol. The monoisotopic (exact) mass is 344 g/mol. The van der Waals surface area contributed by atoms with Crippen LogP contribution in [0.5, 0.6) is 0 Å². The highest BCUT2D eigenvalue weighted by molar-refractivity contribution is 6.30. The van der Waals surface area contributed by atoms with E-state index < -0.39 is 11.7 Å². The Kier molecular flexibility index (Phi) is 4.99. The van der Waals surface area contributed by atoms with Gasteiger partial charge in [-0.25, -0.2) is 4.98 Å². The lowest BCUT2D eigenvalue weighted by Gasteiger charge is -2.14. The second-order valence-corrected chi connectivity index (χ2v) is 5.62. The number of alkyl halides is 3. The minimum Gasteiger partial charge on any atom is -0.383 e. The van der Waals surface area contributed by atoms with Crippen LogP contribution in [0.1, 0.15) is 28.8 Å². The molecule has 4 N–H and O–H groups in total. The van der Waals surface area contributed by atoms with Crippen molar-refractivity contribution in [2.75, 3.05) is 11.5 Å². The van der Waals surface area contributed by atoms with Crippen LogP contribution in [-0.2, 0) is 19.0 Å². The van der Waals surface area contributed by atoms with E-state index in [1.165, 1.54) is 12.1 Å². The molecule has 0 unspecified atom stereocenters. The third-order valence-corrected chi connectivity index (χ3v) is 3.75. The molecule has 1 aromatic heterocycles. The maximum absolute atomic E-state index is 13.0. The number of hydrogen-bond acceptors (Lipinski definition) is 4. The molecule has 0 fully saturated rings. The van der Waals surface area contributed by atoms with Gasteiger partial charge in [-0.15, -0.1) is 0 Å². The van der Waals surface area contributed by atoms with Crippen LogP contribution in [0, 0.1) is 6.92 Å². The molecule has 0 spiro atoms. The van der Waals surface area contributed by atoms with Crippen LogP contribution in [0.2, 0.25) is 5.02 Å². The fourth-order valence-electron chi connectivity index (χ4n) is 2.44. The number of anilines is 2. The van der Waals surface area contributed by atoms with Gasteiger partial charge in [-0.05, 0) is 43.9 Å².